The smallest absolute Gasteiger partial charge is 0.345 e. The van der Waals surface area contributed by atoms with Crippen LogP contribution in [-0.4, -0.2) is 42.2 Å². The van der Waals surface area contributed by atoms with Gasteiger partial charge in [-0.2, -0.15) is 0 Å². The van der Waals surface area contributed by atoms with E-state index in [9.17, 15) is 4.79 Å². The predicted octanol–water partition coefficient (Wildman–Crippen LogP) is 3.57. The Balaban J connectivity index is 1.74. The fraction of sp³-hybridized carbons (Fsp3) is 0.222. The summed E-state index contributed by atoms with van der Waals surface area (Å²) >= 11 is 11.6. The van der Waals surface area contributed by atoms with Gasteiger partial charge < -0.3 is 14.4 Å². The van der Waals surface area contributed by atoms with E-state index in [4.69, 9.17) is 33.3 Å². The van der Waals surface area contributed by atoms with E-state index in [0.717, 1.165) is 23.6 Å². The van der Waals surface area contributed by atoms with Gasteiger partial charge in [0.25, 0.3) is 0 Å². The van der Waals surface area contributed by atoms with E-state index in [1.54, 1.807) is 36.4 Å². The maximum atomic E-state index is 12.3. The number of morpholine rings is 1. The molecule has 0 aliphatic carbocycles. The number of ether oxygens (including phenoxy) is 2. The van der Waals surface area contributed by atoms with E-state index in [-0.39, 0.29) is 0 Å². The summed E-state index contributed by atoms with van der Waals surface area (Å²) in [6.45, 7) is 2.87. The van der Waals surface area contributed by atoms with Gasteiger partial charge in [-0.15, -0.1) is 0 Å². The van der Waals surface area contributed by atoms with E-state index < -0.39 is 5.97 Å². The Morgan fingerprint density at radius 1 is 1.12 bits per heavy atom. The first-order valence-electron chi connectivity index (χ1n) is 7.59. The van der Waals surface area contributed by atoms with Gasteiger partial charge in [-0.05, 0) is 24.3 Å². The quantitative estimate of drug-likeness (QED) is 0.475. The summed E-state index contributed by atoms with van der Waals surface area (Å²) in [7, 11) is 0. The van der Waals surface area contributed by atoms with E-state index in [2.05, 4.69) is 4.90 Å². The Hall–Kier alpha value is -1.95. The first-order chi connectivity index (χ1) is 11.6. The molecule has 0 atom stereocenters. The largest absolute Gasteiger partial charge is 0.423 e. The third-order valence-corrected chi connectivity index (χ3v) is 4.51. The van der Waals surface area contributed by atoms with Crippen LogP contribution < -0.4 is 4.74 Å². The zero-order valence-electron chi connectivity index (χ0n) is 12.9. The van der Waals surface area contributed by atoms with E-state index >= 15 is 0 Å². The highest BCUT2D eigenvalue weighted by molar-refractivity contribution is 7.80. The first-order valence-corrected chi connectivity index (χ1v) is 8.37. The van der Waals surface area contributed by atoms with Crippen molar-refractivity contribution in [3.8, 4) is 5.75 Å². The van der Waals surface area contributed by atoms with Crippen LogP contribution in [0.1, 0.15) is 15.9 Å². The van der Waals surface area contributed by atoms with Gasteiger partial charge >= 0.3 is 5.97 Å². The Kier molecular flexibility index (Phi) is 5.45. The molecular weight excluding hydrogens is 346 g/mol. The lowest BCUT2D eigenvalue weighted by molar-refractivity contribution is 0.0693. The molecule has 2 aromatic carbocycles. The van der Waals surface area contributed by atoms with Gasteiger partial charge in [0.1, 0.15) is 10.7 Å². The number of benzene rings is 2. The number of hydrogen-bond donors (Lipinski definition) is 0. The lowest BCUT2D eigenvalue weighted by Crippen LogP contribution is -2.40. The van der Waals surface area contributed by atoms with Gasteiger partial charge in [0.2, 0.25) is 0 Å². The van der Waals surface area contributed by atoms with Gasteiger partial charge in [0.15, 0.2) is 0 Å². The first kappa shape index (κ1) is 16.9. The Morgan fingerprint density at radius 2 is 1.88 bits per heavy atom. The zero-order chi connectivity index (χ0) is 16.9. The number of hydrogen-bond acceptors (Lipinski definition) is 4. The van der Waals surface area contributed by atoms with Crippen molar-refractivity contribution >= 4 is 34.8 Å². The monoisotopic (exact) mass is 361 g/mol. The van der Waals surface area contributed by atoms with Crippen molar-refractivity contribution in [3.05, 3.63) is 64.7 Å². The topological polar surface area (TPSA) is 38.8 Å². The second-order valence-corrected chi connectivity index (χ2v) is 6.10. The summed E-state index contributed by atoms with van der Waals surface area (Å²) in [4.78, 5) is 15.1. The van der Waals surface area contributed by atoms with Crippen LogP contribution in [0.25, 0.3) is 0 Å². The Labute approximate surface area is 150 Å². The molecule has 0 unspecified atom stereocenters. The van der Waals surface area contributed by atoms with Crippen molar-refractivity contribution in [3.63, 3.8) is 0 Å². The molecule has 0 aromatic heterocycles. The zero-order valence-corrected chi connectivity index (χ0v) is 14.5. The number of rotatable bonds is 3. The average molecular weight is 362 g/mol. The van der Waals surface area contributed by atoms with Crippen LogP contribution in [0.5, 0.6) is 5.75 Å². The standard InChI is InChI=1S/C18H16ClNO3S/c19-16-7-2-1-6-15(16)18(21)23-14-5-3-4-13(12-14)17(24)20-8-10-22-11-9-20/h1-7,12H,8-11H2. The highest BCUT2D eigenvalue weighted by Crippen LogP contribution is 2.20. The summed E-state index contributed by atoms with van der Waals surface area (Å²) in [6, 6.07) is 14.0. The summed E-state index contributed by atoms with van der Waals surface area (Å²) < 4.78 is 10.8. The number of carbonyl (C=O) groups is 1. The minimum absolute atomic E-state index is 0.334. The normalized spacial score (nSPS) is 14.3. The van der Waals surface area contributed by atoms with Crippen LogP contribution in [0.3, 0.4) is 0 Å². The highest BCUT2D eigenvalue weighted by atomic mass is 35.5. The summed E-state index contributed by atoms with van der Waals surface area (Å²) in [6.07, 6.45) is 0. The number of esters is 1. The SMILES string of the molecule is O=C(Oc1cccc(C(=S)N2CCOCC2)c1)c1ccccc1Cl. The molecule has 1 fully saturated rings. The van der Waals surface area contributed by atoms with Gasteiger partial charge in [0, 0.05) is 18.7 Å². The van der Waals surface area contributed by atoms with Crippen LogP contribution in [0.15, 0.2) is 48.5 Å². The molecule has 2 aromatic rings. The molecule has 1 aliphatic heterocycles. The molecule has 6 heteroatoms. The molecule has 0 spiro atoms. The highest BCUT2D eigenvalue weighted by Gasteiger charge is 2.17. The predicted molar refractivity (Wildman–Crippen MR) is 96.9 cm³/mol. The van der Waals surface area contributed by atoms with E-state index in [1.807, 2.05) is 12.1 Å². The maximum Gasteiger partial charge on any atom is 0.345 e. The molecule has 0 saturated carbocycles. The molecule has 24 heavy (non-hydrogen) atoms. The molecule has 1 heterocycles. The second kappa shape index (κ2) is 7.75. The number of carbonyl (C=O) groups excluding carboxylic acids is 1. The van der Waals surface area contributed by atoms with Crippen molar-refractivity contribution in [2.24, 2.45) is 0 Å². The van der Waals surface area contributed by atoms with Crippen molar-refractivity contribution in [2.75, 3.05) is 26.3 Å². The third kappa shape index (κ3) is 3.93. The number of halogens is 1. The summed E-state index contributed by atoms with van der Waals surface area (Å²) in [5.41, 5.74) is 1.18. The molecule has 0 N–H and O–H groups in total. The van der Waals surface area contributed by atoms with Crippen molar-refractivity contribution < 1.29 is 14.3 Å². The summed E-state index contributed by atoms with van der Waals surface area (Å²) in [5, 5.41) is 0.363. The molecular formula is C18H16ClNO3S. The van der Waals surface area contributed by atoms with Crippen molar-refractivity contribution in [1.82, 2.24) is 4.90 Å². The fourth-order valence-electron chi connectivity index (χ4n) is 2.43. The third-order valence-electron chi connectivity index (χ3n) is 3.68. The molecule has 0 amide bonds. The van der Waals surface area contributed by atoms with E-state index in [1.165, 1.54) is 0 Å². The lowest BCUT2D eigenvalue weighted by Gasteiger charge is -2.29. The van der Waals surface area contributed by atoms with Crippen LogP contribution in [-0.2, 0) is 4.74 Å². The minimum Gasteiger partial charge on any atom is -0.423 e. The fourth-order valence-corrected chi connectivity index (χ4v) is 2.95. The average Bonchev–Trinajstić information content (AvgIpc) is 2.62. The van der Waals surface area contributed by atoms with Gasteiger partial charge in [-0.1, -0.05) is 48.1 Å². The molecule has 4 nitrogen and oxygen atoms in total. The number of thiocarbonyl (C=S) groups is 1. The molecule has 3 rings (SSSR count). The van der Waals surface area contributed by atoms with Gasteiger partial charge in [-0.3, -0.25) is 0 Å². The maximum absolute atomic E-state index is 12.3. The Bertz CT molecular complexity index is 759. The Morgan fingerprint density at radius 3 is 2.62 bits per heavy atom. The molecule has 0 bridgehead atoms. The molecule has 1 saturated heterocycles. The van der Waals surface area contributed by atoms with Gasteiger partial charge in [0.05, 0.1) is 23.8 Å². The van der Waals surface area contributed by atoms with Gasteiger partial charge in [-0.25, -0.2) is 4.79 Å². The number of nitrogens with zero attached hydrogens (tertiary/aromatic N) is 1. The van der Waals surface area contributed by atoms with Crippen molar-refractivity contribution in [1.29, 1.82) is 0 Å². The minimum atomic E-state index is -0.491. The van der Waals surface area contributed by atoms with Crippen LogP contribution >= 0.6 is 23.8 Å². The second-order valence-electron chi connectivity index (χ2n) is 5.30. The van der Waals surface area contributed by atoms with Crippen molar-refractivity contribution in [2.45, 2.75) is 0 Å². The van der Waals surface area contributed by atoms with Crippen LogP contribution in [0.4, 0.5) is 0 Å². The van der Waals surface area contributed by atoms with Crippen LogP contribution in [0.2, 0.25) is 5.02 Å². The lowest BCUT2D eigenvalue weighted by atomic mass is 10.2. The molecule has 0 radical (unpaired) electrons. The molecule has 124 valence electrons. The molecule has 1 aliphatic rings. The summed E-state index contributed by atoms with van der Waals surface area (Å²) in [5.74, 6) is -0.0527. The van der Waals surface area contributed by atoms with E-state index in [0.29, 0.717) is 29.5 Å². The van der Waals surface area contributed by atoms with Crippen LogP contribution in [0, 0.1) is 0 Å².